The minimum Gasteiger partial charge on any atom is -0.378 e. The molecule has 5 rings (SSSR count). The molecule has 11 nitrogen and oxygen atoms in total. The maximum absolute atomic E-state index is 12.9. The van der Waals surface area contributed by atoms with Crippen molar-refractivity contribution in [1.82, 2.24) is 14.9 Å². The quantitative estimate of drug-likeness (QED) is 0.198. The molecule has 0 spiro atoms. The van der Waals surface area contributed by atoms with E-state index in [9.17, 15) is 18.0 Å². The third kappa shape index (κ3) is 7.10. The molecule has 2 amide bonds. The van der Waals surface area contributed by atoms with Crippen molar-refractivity contribution in [3.63, 3.8) is 0 Å². The molecule has 1 aromatic heterocycles. The van der Waals surface area contributed by atoms with Gasteiger partial charge in [0.05, 0.1) is 23.8 Å². The summed E-state index contributed by atoms with van der Waals surface area (Å²) in [6.07, 6.45) is 4.41. The number of H-pyrrole nitrogens is 1. The Balaban J connectivity index is 1.34. The number of rotatable bonds is 8. The molecule has 0 unspecified atom stereocenters. The molecule has 12 heteroatoms. The summed E-state index contributed by atoms with van der Waals surface area (Å²) >= 11 is 0. The predicted octanol–water partition coefficient (Wildman–Crippen LogP) is 4.38. The van der Waals surface area contributed by atoms with Crippen molar-refractivity contribution in [1.29, 1.82) is 0 Å². The molecular weight excluding hydrogens is 580 g/mol. The summed E-state index contributed by atoms with van der Waals surface area (Å²) in [5.74, 6) is 0.473. The number of sulfone groups is 1. The van der Waals surface area contributed by atoms with E-state index in [1.807, 2.05) is 13.0 Å². The van der Waals surface area contributed by atoms with Gasteiger partial charge in [0.2, 0.25) is 0 Å². The Morgan fingerprint density at radius 1 is 0.977 bits per heavy atom. The molecule has 1 saturated heterocycles. The van der Waals surface area contributed by atoms with Crippen LogP contribution in [-0.4, -0.2) is 73.5 Å². The Hall–Kier alpha value is -5.07. The third-order valence-electron chi connectivity index (χ3n) is 7.10. The number of hydrogen-bond donors (Lipinski definition) is 3. The molecular formula is C32H32N6O5S. The smallest absolute Gasteiger partial charge is 0.255 e. The van der Waals surface area contributed by atoms with E-state index in [1.165, 1.54) is 24.3 Å². The van der Waals surface area contributed by atoms with Crippen molar-refractivity contribution in [2.45, 2.75) is 11.8 Å². The lowest BCUT2D eigenvalue weighted by Crippen LogP contribution is -2.40. The number of aromatic nitrogens is 2. The predicted molar refractivity (Wildman–Crippen MR) is 170 cm³/mol. The van der Waals surface area contributed by atoms with E-state index in [1.54, 1.807) is 53.7 Å². The van der Waals surface area contributed by atoms with Crippen LogP contribution in [0.3, 0.4) is 0 Å². The van der Waals surface area contributed by atoms with Gasteiger partial charge in [0.1, 0.15) is 0 Å². The minimum absolute atomic E-state index is 0.0403. The average Bonchev–Trinajstić information content (AvgIpc) is 3.57. The van der Waals surface area contributed by atoms with Crippen LogP contribution < -0.4 is 10.6 Å². The van der Waals surface area contributed by atoms with E-state index in [-0.39, 0.29) is 16.7 Å². The fourth-order valence-electron chi connectivity index (χ4n) is 4.64. The molecule has 0 atom stereocenters. The highest BCUT2D eigenvalue weighted by atomic mass is 32.2. The highest BCUT2D eigenvalue weighted by Crippen LogP contribution is 2.26. The highest BCUT2D eigenvalue weighted by molar-refractivity contribution is 7.90. The van der Waals surface area contributed by atoms with Gasteiger partial charge >= 0.3 is 0 Å². The van der Waals surface area contributed by atoms with E-state index >= 15 is 0 Å². The van der Waals surface area contributed by atoms with Crippen LogP contribution in [-0.2, 0) is 14.6 Å². The van der Waals surface area contributed by atoms with Gasteiger partial charge in [-0.2, -0.15) is 0 Å². The lowest BCUT2D eigenvalue weighted by atomic mass is 10.0. The maximum atomic E-state index is 12.9. The van der Waals surface area contributed by atoms with E-state index < -0.39 is 9.84 Å². The molecule has 1 aliphatic rings. The van der Waals surface area contributed by atoms with Gasteiger partial charge < -0.3 is 25.3 Å². The molecule has 0 aliphatic carbocycles. The van der Waals surface area contributed by atoms with Crippen molar-refractivity contribution in [3.8, 4) is 0 Å². The number of hydrogen-bond acceptors (Lipinski definition) is 7. The summed E-state index contributed by atoms with van der Waals surface area (Å²) < 4.78 is 28.8. The van der Waals surface area contributed by atoms with Crippen molar-refractivity contribution in [2.24, 2.45) is 4.99 Å². The van der Waals surface area contributed by atoms with E-state index in [0.29, 0.717) is 71.7 Å². The normalized spacial score (nSPS) is 13.8. The van der Waals surface area contributed by atoms with Gasteiger partial charge in [-0.25, -0.2) is 18.4 Å². The van der Waals surface area contributed by atoms with Crippen LogP contribution in [0.1, 0.15) is 37.7 Å². The number of carbonyl (C=O) groups excluding carboxylic acids is 2. The minimum atomic E-state index is -3.37. The number of ether oxygens (including phenoxy) is 1. The number of carbonyl (C=O) groups is 2. The van der Waals surface area contributed by atoms with E-state index in [2.05, 4.69) is 27.2 Å². The molecule has 1 fully saturated rings. The fourth-order valence-corrected chi connectivity index (χ4v) is 5.27. The fraction of sp³-hybridized carbons (Fsp3) is 0.188. The highest BCUT2D eigenvalue weighted by Gasteiger charge is 2.19. The molecule has 0 saturated carbocycles. The number of morpholine rings is 1. The Morgan fingerprint density at radius 3 is 2.30 bits per heavy atom. The number of imidazole rings is 1. The molecule has 4 aromatic rings. The number of nitrogens with one attached hydrogen (secondary N) is 3. The zero-order valence-corrected chi connectivity index (χ0v) is 25.1. The number of amidine groups is 1. The second-order valence-electron chi connectivity index (χ2n) is 10.2. The SMILES string of the molecule is C=C(N=C(Nc1ccc(C(=O)N2CCOCC2)cc1)c1ncc[nH]1)c1cccc(NC(=O)c2ccc(S(C)(=O)=O)cc2)c1C. The monoisotopic (exact) mass is 612 g/mol. The molecule has 226 valence electrons. The molecule has 0 radical (unpaired) electrons. The molecule has 2 heterocycles. The van der Waals surface area contributed by atoms with Gasteiger partial charge in [0.25, 0.3) is 11.8 Å². The van der Waals surface area contributed by atoms with E-state index in [0.717, 1.165) is 11.8 Å². The van der Waals surface area contributed by atoms with Crippen molar-refractivity contribution < 1.29 is 22.7 Å². The Labute approximate surface area is 255 Å². The Morgan fingerprint density at radius 2 is 1.66 bits per heavy atom. The van der Waals surface area contributed by atoms with Gasteiger partial charge in [-0.15, -0.1) is 0 Å². The molecule has 44 heavy (non-hydrogen) atoms. The standard InChI is InChI=1S/C32H32N6O5S/c1-21-27(5-4-6-28(21)37-31(39)23-9-13-26(14-10-23)44(3,41)42)22(2)35-30(29-33-15-16-34-29)36-25-11-7-24(8-12-25)32(40)38-17-19-43-20-18-38/h4-16H,2,17-20H2,1,3H3,(H,33,34)(H,35,36)(H,37,39). The first-order chi connectivity index (χ1) is 21.1. The van der Waals surface area contributed by atoms with Gasteiger partial charge in [0.15, 0.2) is 21.5 Å². The number of aromatic amines is 1. The van der Waals surface area contributed by atoms with Crippen molar-refractivity contribution >= 4 is 44.6 Å². The van der Waals surface area contributed by atoms with Gasteiger partial charge in [0, 0.05) is 59.8 Å². The summed E-state index contributed by atoms with van der Waals surface area (Å²) in [5, 5.41) is 6.16. The molecule has 0 bridgehead atoms. The van der Waals surface area contributed by atoms with Gasteiger partial charge in [-0.1, -0.05) is 18.7 Å². The third-order valence-corrected chi connectivity index (χ3v) is 8.23. The first-order valence-corrected chi connectivity index (χ1v) is 15.7. The summed E-state index contributed by atoms with van der Waals surface area (Å²) in [6.45, 7) is 8.24. The van der Waals surface area contributed by atoms with Gasteiger partial charge in [-0.05, 0) is 67.1 Å². The molecule has 3 N–H and O–H groups in total. The summed E-state index contributed by atoms with van der Waals surface area (Å²) in [5.41, 5.74) is 4.03. The van der Waals surface area contributed by atoms with Crippen LogP contribution in [0.4, 0.5) is 11.4 Å². The van der Waals surface area contributed by atoms with E-state index in [4.69, 9.17) is 9.73 Å². The number of nitrogens with zero attached hydrogens (tertiary/aromatic N) is 3. The lowest BCUT2D eigenvalue weighted by molar-refractivity contribution is 0.0303. The number of aliphatic imine (C=N–C) groups is 1. The second-order valence-corrected chi connectivity index (χ2v) is 12.2. The van der Waals surface area contributed by atoms with Crippen LogP contribution >= 0.6 is 0 Å². The topological polar surface area (TPSA) is 146 Å². The van der Waals surface area contributed by atoms with Crippen LogP contribution in [0, 0.1) is 6.92 Å². The summed E-state index contributed by atoms with van der Waals surface area (Å²) in [6, 6.07) is 18.3. The first kappa shape index (κ1) is 30.4. The Kier molecular flexibility index (Phi) is 9.02. The molecule has 1 aliphatic heterocycles. The Bertz CT molecular complexity index is 1810. The molecule has 3 aromatic carbocycles. The van der Waals surface area contributed by atoms with Crippen molar-refractivity contribution in [3.05, 3.63) is 114 Å². The van der Waals surface area contributed by atoms with Crippen LogP contribution in [0.2, 0.25) is 0 Å². The van der Waals surface area contributed by atoms with Crippen LogP contribution in [0.5, 0.6) is 0 Å². The van der Waals surface area contributed by atoms with Gasteiger partial charge in [-0.3, -0.25) is 9.59 Å². The summed E-state index contributed by atoms with van der Waals surface area (Å²) in [7, 11) is -3.37. The van der Waals surface area contributed by atoms with Crippen LogP contribution in [0.15, 0.2) is 95.6 Å². The lowest BCUT2D eigenvalue weighted by Gasteiger charge is -2.26. The number of amides is 2. The summed E-state index contributed by atoms with van der Waals surface area (Å²) in [4.78, 5) is 39.8. The number of anilines is 2. The average molecular weight is 613 g/mol. The first-order valence-electron chi connectivity index (χ1n) is 13.8. The zero-order valence-electron chi connectivity index (χ0n) is 24.3. The second kappa shape index (κ2) is 13.1. The number of benzene rings is 3. The largest absolute Gasteiger partial charge is 0.378 e. The van der Waals surface area contributed by atoms with Crippen LogP contribution in [0.25, 0.3) is 5.70 Å². The maximum Gasteiger partial charge on any atom is 0.255 e. The van der Waals surface area contributed by atoms with Crippen molar-refractivity contribution in [2.75, 3.05) is 43.2 Å². The zero-order chi connectivity index (χ0) is 31.3.